The van der Waals surface area contributed by atoms with Gasteiger partial charge in [-0.1, -0.05) is 5.16 Å². The van der Waals surface area contributed by atoms with Crippen molar-refractivity contribution in [3.8, 4) is 0 Å². The molecule has 3 heterocycles. The van der Waals surface area contributed by atoms with Gasteiger partial charge in [-0.25, -0.2) is 0 Å². The third kappa shape index (κ3) is 4.77. The SMILES string of the molecule is Cc1noc(C)c1CC(=O)N1CCC2(CC1)CC(CCOCC1CC1)CCO2. The highest BCUT2D eigenvalue weighted by molar-refractivity contribution is 5.79. The van der Waals surface area contributed by atoms with Crippen LogP contribution >= 0.6 is 0 Å². The van der Waals surface area contributed by atoms with Crippen molar-refractivity contribution in [2.45, 2.75) is 70.8 Å². The zero-order valence-electron chi connectivity index (χ0n) is 17.4. The molecular weight excluding hydrogens is 356 g/mol. The molecule has 2 aliphatic heterocycles. The van der Waals surface area contributed by atoms with Gasteiger partial charge in [0.15, 0.2) is 0 Å². The van der Waals surface area contributed by atoms with Crippen LogP contribution in [0.3, 0.4) is 0 Å². The van der Waals surface area contributed by atoms with Crippen LogP contribution in [0.15, 0.2) is 4.52 Å². The van der Waals surface area contributed by atoms with Gasteiger partial charge in [0.25, 0.3) is 0 Å². The van der Waals surface area contributed by atoms with Crippen LogP contribution in [0.25, 0.3) is 0 Å². The number of piperidine rings is 1. The van der Waals surface area contributed by atoms with Crippen molar-refractivity contribution >= 4 is 5.91 Å². The predicted molar refractivity (Wildman–Crippen MR) is 105 cm³/mol. The highest BCUT2D eigenvalue weighted by Crippen LogP contribution is 2.39. The van der Waals surface area contributed by atoms with E-state index in [9.17, 15) is 4.79 Å². The van der Waals surface area contributed by atoms with Crippen LogP contribution in [0.2, 0.25) is 0 Å². The van der Waals surface area contributed by atoms with Gasteiger partial charge >= 0.3 is 0 Å². The molecule has 0 radical (unpaired) electrons. The second kappa shape index (κ2) is 8.54. The average Bonchev–Trinajstić information content (AvgIpc) is 3.47. The van der Waals surface area contributed by atoms with Gasteiger partial charge in [0.2, 0.25) is 5.91 Å². The van der Waals surface area contributed by atoms with E-state index >= 15 is 0 Å². The van der Waals surface area contributed by atoms with Gasteiger partial charge in [-0.2, -0.15) is 0 Å². The Balaban J connectivity index is 1.23. The third-order valence-corrected chi connectivity index (χ3v) is 6.85. The van der Waals surface area contributed by atoms with Crippen molar-refractivity contribution in [1.29, 1.82) is 0 Å². The Kier molecular flexibility index (Phi) is 6.07. The molecule has 2 saturated heterocycles. The number of ether oxygens (including phenoxy) is 2. The topological polar surface area (TPSA) is 64.8 Å². The monoisotopic (exact) mass is 390 g/mol. The lowest BCUT2D eigenvalue weighted by Gasteiger charge is -2.46. The number of aromatic nitrogens is 1. The number of aryl methyl sites for hydroxylation is 2. The molecular formula is C22H34N2O4. The van der Waals surface area contributed by atoms with E-state index < -0.39 is 0 Å². The van der Waals surface area contributed by atoms with Crippen LogP contribution in [0, 0.1) is 25.7 Å². The summed E-state index contributed by atoms with van der Waals surface area (Å²) in [5.41, 5.74) is 1.73. The lowest BCUT2D eigenvalue weighted by molar-refractivity contribution is -0.147. The van der Waals surface area contributed by atoms with Gasteiger partial charge < -0.3 is 18.9 Å². The van der Waals surface area contributed by atoms with Gasteiger partial charge in [-0.05, 0) is 70.6 Å². The van der Waals surface area contributed by atoms with E-state index in [-0.39, 0.29) is 11.5 Å². The fourth-order valence-corrected chi connectivity index (χ4v) is 4.69. The van der Waals surface area contributed by atoms with Gasteiger partial charge in [-0.15, -0.1) is 0 Å². The van der Waals surface area contributed by atoms with Crippen LogP contribution in [0.5, 0.6) is 0 Å². The van der Waals surface area contributed by atoms with Crippen molar-refractivity contribution in [1.82, 2.24) is 10.1 Å². The molecule has 1 atom stereocenters. The van der Waals surface area contributed by atoms with Crippen molar-refractivity contribution in [3.63, 3.8) is 0 Å². The number of carbonyl (C=O) groups excluding carboxylic acids is 1. The number of amides is 1. The van der Waals surface area contributed by atoms with E-state index in [4.69, 9.17) is 14.0 Å². The Morgan fingerprint density at radius 1 is 1.21 bits per heavy atom. The Morgan fingerprint density at radius 3 is 2.68 bits per heavy atom. The summed E-state index contributed by atoms with van der Waals surface area (Å²) < 4.78 is 17.3. The zero-order chi connectivity index (χ0) is 19.6. The standard InChI is InChI=1S/C22H34N2O4/c1-16-20(17(2)28-23-16)13-21(25)24-9-7-22(8-10-24)14-18(6-12-27-22)5-11-26-15-19-3-4-19/h18-19H,3-15H2,1-2H3. The molecule has 0 aromatic carbocycles. The molecule has 6 heteroatoms. The Morgan fingerprint density at radius 2 is 2.00 bits per heavy atom. The minimum Gasteiger partial charge on any atom is -0.381 e. The van der Waals surface area contributed by atoms with Crippen LogP contribution in [0.4, 0.5) is 0 Å². The van der Waals surface area contributed by atoms with E-state index in [1.54, 1.807) is 0 Å². The molecule has 1 aliphatic carbocycles. The molecule has 0 N–H and O–H groups in total. The van der Waals surface area contributed by atoms with Crippen molar-refractivity contribution in [3.05, 3.63) is 17.0 Å². The maximum Gasteiger partial charge on any atom is 0.227 e. The Bertz CT molecular complexity index is 655. The molecule has 1 unspecified atom stereocenters. The minimum atomic E-state index is -0.0286. The van der Waals surface area contributed by atoms with E-state index in [1.165, 1.54) is 12.8 Å². The van der Waals surface area contributed by atoms with E-state index in [2.05, 4.69) is 5.16 Å². The van der Waals surface area contributed by atoms with Gasteiger partial charge in [0.1, 0.15) is 5.76 Å². The molecule has 156 valence electrons. The molecule has 28 heavy (non-hydrogen) atoms. The number of likely N-dealkylation sites (tertiary alicyclic amines) is 1. The molecule has 1 spiro atoms. The average molecular weight is 391 g/mol. The number of rotatable bonds is 7. The van der Waals surface area contributed by atoms with Gasteiger partial charge in [-0.3, -0.25) is 4.79 Å². The summed E-state index contributed by atoms with van der Waals surface area (Å²) in [5, 5.41) is 3.96. The maximum absolute atomic E-state index is 12.7. The largest absolute Gasteiger partial charge is 0.381 e. The van der Waals surface area contributed by atoms with Crippen LogP contribution in [0.1, 0.15) is 62.0 Å². The van der Waals surface area contributed by atoms with Crippen LogP contribution < -0.4 is 0 Å². The third-order valence-electron chi connectivity index (χ3n) is 6.85. The normalized spacial score (nSPS) is 24.6. The second-order valence-electron chi connectivity index (χ2n) is 9.06. The number of carbonyl (C=O) groups is 1. The van der Waals surface area contributed by atoms with Crippen LogP contribution in [-0.2, 0) is 20.7 Å². The molecule has 3 fully saturated rings. The van der Waals surface area contributed by atoms with Gasteiger partial charge in [0, 0.05) is 38.5 Å². The first-order chi connectivity index (χ1) is 13.5. The lowest BCUT2D eigenvalue weighted by Crippen LogP contribution is -2.51. The summed E-state index contributed by atoms with van der Waals surface area (Å²) in [4.78, 5) is 14.7. The first-order valence-corrected chi connectivity index (χ1v) is 11.0. The first-order valence-electron chi connectivity index (χ1n) is 11.0. The Labute approximate surface area is 167 Å². The van der Waals surface area contributed by atoms with E-state index in [0.29, 0.717) is 12.3 Å². The number of hydrogen-bond donors (Lipinski definition) is 0. The van der Waals surface area contributed by atoms with E-state index in [0.717, 1.165) is 87.9 Å². The second-order valence-corrected chi connectivity index (χ2v) is 9.06. The fraction of sp³-hybridized carbons (Fsp3) is 0.818. The highest BCUT2D eigenvalue weighted by Gasteiger charge is 2.41. The number of hydrogen-bond acceptors (Lipinski definition) is 5. The Hall–Kier alpha value is -1.40. The van der Waals surface area contributed by atoms with Crippen molar-refractivity contribution in [2.24, 2.45) is 11.8 Å². The molecule has 3 aliphatic rings. The predicted octanol–water partition coefficient (Wildman–Crippen LogP) is 3.44. The van der Waals surface area contributed by atoms with Crippen molar-refractivity contribution < 1.29 is 18.8 Å². The van der Waals surface area contributed by atoms with Crippen molar-refractivity contribution in [2.75, 3.05) is 32.9 Å². The molecule has 0 bridgehead atoms. The molecule has 1 saturated carbocycles. The summed E-state index contributed by atoms with van der Waals surface area (Å²) in [6.45, 7) is 8.03. The molecule has 1 amide bonds. The summed E-state index contributed by atoms with van der Waals surface area (Å²) in [6, 6.07) is 0. The molecule has 6 nitrogen and oxygen atoms in total. The summed E-state index contributed by atoms with van der Waals surface area (Å²) in [5.74, 6) is 2.46. The smallest absolute Gasteiger partial charge is 0.227 e. The quantitative estimate of drug-likeness (QED) is 0.667. The molecule has 1 aromatic heterocycles. The minimum absolute atomic E-state index is 0.0286. The zero-order valence-corrected chi connectivity index (χ0v) is 17.4. The maximum atomic E-state index is 12.7. The molecule has 1 aromatic rings. The van der Waals surface area contributed by atoms with Gasteiger partial charge in [0.05, 0.1) is 17.7 Å². The summed E-state index contributed by atoms with van der Waals surface area (Å²) in [7, 11) is 0. The summed E-state index contributed by atoms with van der Waals surface area (Å²) >= 11 is 0. The van der Waals surface area contributed by atoms with Crippen LogP contribution in [-0.4, -0.2) is 54.5 Å². The highest BCUT2D eigenvalue weighted by atomic mass is 16.5. The fourth-order valence-electron chi connectivity index (χ4n) is 4.69. The number of nitrogens with zero attached hydrogens (tertiary/aromatic N) is 2. The lowest BCUT2D eigenvalue weighted by atomic mass is 9.78. The first kappa shape index (κ1) is 19.9. The summed E-state index contributed by atoms with van der Waals surface area (Å²) in [6.07, 6.45) is 8.38. The van der Waals surface area contributed by atoms with E-state index in [1.807, 2.05) is 18.7 Å². The molecule has 4 rings (SSSR count).